The normalized spacial score (nSPS) is 11.3. The van der Waals surface area contributed by atoms with E-state index in [9.17, 15) is 0 Å². The molecule has 0 saturated carbocycles. The largest absolute Gasteiger partial charge is 0.251 e. The van der Waals surface area contributed by atoms with Crippen LogP contribution in [0.2, 0.25) is 0 Å². The molecule has 0 bridgehead atoms. The van der Waals surface area contributed by atoms with Gasteiger partial charge in [-0.1, -0.05) is 103 Å². The van der Waals surface area contributed by atoms with Crippen LogP contribution in [0.4, 0.5) is 11.4 Å². The van der Waals surface area contributed by atoms with Gasteiger partial charge in [-0.2, -0.15) is 0 Å². The van der Waals surface area contributed by atoms with Crippen molar-refractivity contribution in [1.29, 1.82) is 0 Å². The Morgan fingerprint density at radius 2 is 0.889 bits per heavy atom. The summed E-state index contributed by atoms with van der Waals surface area (Å²) in [6, 6.07) is 17.5. The summed E-state index contributed by atoms with van der Waals surface area (Å²) in [5, 5.41) is 0. The standard InChI is InChI=1S/C42H60N2.Ni/c1-5-9-13-16-19-22-29-37-31-25-27-34-39(37)43-41(33-12-8-4)42(36-24-21-18-15-11-7-3)44-40-35-28-26-32-38(40)30-23-20-17-14-10-6-2;/h25-28,31-32,34-35H,5-12,15,18-24,29-30,33,36H2,1-4H3;/b43-41+,44-42+;. The number of nitrogens with zero attached hydrogens (tertiary/aromatic N) is 2. The molecule has 0 atom stereocenters. The smallest absolute Gasteiger partial charge is 0.0665 e. The van der Waals surface area contributed by atoms with Crippen LogP contribution in [0.15, 0.2) is 58.5 Å². The summed E-state index contributed by atoms with van der Waals surface area (Å²) in [6.45, 7) is 8.93. The van der Waals surface area contributed by atoms with Crippen molar-refractivity contribution in [2.45, 2.75) is 156 Å². The minimum absolute atomic E-state index is 0. The van der Waals surface area contributed by atoms with Gasteiger partial charge in [-0.25, -0.2) is 0 Å². The zero-order valence-electron chi connectivity index (χ0n) is 29.0. The summed E-state index contributed by atoms with van der Waals surface area (Å²) in [6.07, 6.45) is 22.2. The number of hydrogen-bond acceptors (Lipinski definition) is 2. The number of aryl methyl sites for hydroxylation is 2. The molecule has 2 aromatic carbocycles. The third-order valence-electron chi connectivity index (χ3n) is 7.86. The van der Waals surface area contributed by atoms with E-state index in [0.717, 1.165) is 101 Å². The van der Waals surface area contributed by atoms with Crippen molar-refractivity contribution in [1.82, 2.24) is 0 Å². The maximum atomic E-state index is 5.44. The molecule has 2 rings (SSSR count). The van der Waals surface area contributed by atoms with Gasteiger partial charge < -0.3 is 0 Å². The van der Waals surface area contributed by atoms with Crippen molar-refractivity contribution >= 4 is 22.8 Å². The van der Waals surface area contributed by atoms with Crippen molar-refractivity contribution in [3.05, 3.63) is 59.7 Å². The zero-order valence-corrected chi connectivity index (χ0v) is 30.0. The molecule has 0 heterocycles. The summed E-state index contributed by atoms with van der Waals surface area (Å²) in [4.78, 5) is 10.8. The molecule has 0 radical (unpaired) electrons. The van der Waals surface area contributed by atoms with E-state index in [4.69, 9.17) is 9.98 Å². The van der Waals surface area contributed by atoms with E-state index in [0.29, 0.717) is 0 Å². The van der Waals surface area contributed by atoms with E-state index < -0.39 is 0 Å². The van der Waals surface area contributed by atoms with Crippen molar-refractivity contribution < 1.29 is 16.5 Å². The molecule has 3 heteroatoms. The summed E-state index contributed by atoms with van der Waals surface area (Å²) in [5.74, 6) is 13.3. The average Bonchev–Trinajstić information content (AvgIpc) is 3.05. The Hall–Kier alpha value is -2.61. The second kappa shape index (κ2) is 27.7. The fourth-order valence-electron chi connectivity index (χ4n) is 5.24. The summed E-state index contributed by atoms with van der Waals surface area (Å²) < 4.78 is 0. The molecular formula is C42H60N2Ni. The van der Waals surface area contributed by atoms with Crippen LogP contribution >= 0.6 is 0 Å². The number of unbranched alkanes of at least 4 members (excludes halogenated alkanes) is 10. The SMILES string of the molecule is CCCC#CCCCc1ccccc1/N=C(CCCC)/C(CCCCCCCC)=N/c1ccccc1CCCC#CCCC.[Ni]. The number of aliphatic imine (C=N–C) groups is 2. The van der Waals surface area contributed by atoms with Crippen LogP contribution in [0.5, 0.6) is 0 Å². The van der Waals surface area contributed by atoms with Gasteiger partial charge >= 0.3 is 0 Å². The van der Waals surface area contributed by atoms with Crippen LogP contribution in [-0.4, -0.2) is 11.4 Å². The van der Waals surface area contributed by atoms with E-state index >= 15 is 0 Å². The third-order valence-corrected chi connectivity index (χ3v) is 7.86. The number of benzene rings is 2. The Morgan fingerprint density at radius 3 is 1.38 bits per heavy atom. The zero-order chi connectivity index (χ0) is 31.5. The Bertz CT molecular complexity index is 1230. The van der Waals surface area contributed by atoms with Crippen molar-refractivity contribution in [2.24, 2.45) is 9.98 Å². The predicted octanol–water partition coefficient (Wildman–Crippen LogP) is 12.7. The average molecular weight is 652 g/mol. The molecule has 0 amide bonds. The molecule has 248 valence electrons. The molecule has 0 aliphatic rings. The van der Waals surface area contributed by atoms with Gasteiger partial charge in [-0.15, -0.1) is 23.7 Å². The second-order valence-corrected chi connectivity index (χ2v) is 11.9. The first-order chi connectivity index (χ1) is 21.7. The fraction of sp³-hybridized carbons (Fsp3) is 0.571. The maximum Gasteiger partial charge on any atom is 0.0665 e. The molecule has 0 spiro atoms. The second-order valence-electron chi connectivity index (χ2n) is 11.9. The van der Waals surface area contributed by atoms with Gasteiger partial charge in [0.15, 0.2) is 0 Å². The van der Waals surface area contributed by atoms with Crippen LogP contribution in [-0.2, 0) is 29.3 Å². The van der Waals surface area contributed by atoms with E-state index in [2.05, 4.69) is 99.9 Å². The summed E-state index contributed by atoms with van der Waals surface area (Å²) >= 11 is 0. The van der Waals surface area contributed by atoms with Gasteiger partial charge in [0.2, 0.25) is 0 Å². The Balaban J connectivity index is 0.0000101. The van der Waals surface area contributed by atoms with Gasteiger partial charge in [-0.05, 0) is 87.5 Å². The molecule has 0 unspecified atom stereocenters. The molecule has 0 saturated heterocycles. The maximum absolute atomic E-state index is 5.44. The molecule has 0 aliphatic carbocycles. The predicted molar refractivity (Wildman–Crippen MR) is 196 cm³/mol. The quantitative estimate of drug-likeness (QED) is 0.0555. The Kier molecular flexibility index (Phi) is 24.9. The van der Waals surface area contributed by atoms with Crippen molar-refractivity contribution in [3.8, 4) is 23.7 Å². The molecule has 2 nitrogen and oxygen atoms in total. The van der Waals surface area contributed by atoms with Crippen LogP contribution in [0, 0.1) is 23.7 Å². The van der Waals surface area contributed by atoms with E-state index in [1.165, 1.54) is 61.1 Å². The van der Waals surface area contributed by atoms with E-state index in [1.54, 1.807) is 0 Å². The van der Waals surface area contributed by atoms with Gasteiger partial charge in [0.25, 0.3) is 0 Å². The number of rotatable bonds is 21. The van der Waals surface area contributed by atoms with Gasteiger partial charge in [-0.3, -0.25) is 9.98 Å². The van der Waals surface area contributed by atoms with E-state index in [-0.39, 0.29) is 16.5 Å². The minimum Gasteiger partial charge on any atom is -0.251 e. The van der Waals surface area contributed by atoms with Gasteiger partial charge in [0.1, 0.15) is 0 Å². The van der Waals surface area contributed by atoms with Crippen LogP contribution < -0.4 is 0 Å². The molecule has 45 heavy (non-hydrogen) atoms. The van der Waals surface area contributed by atoms with Crippen molar-refractivity contribution in [2.75, 3.05) is 0 Å². The molecule has 0 aliphatic heterocycles. The summed E-state index contributed by atoms with van der Waals surface area (Å²) in [5.41, 5.74) is 7.22. The molecular weight excluding hydrogens is 591 g/mol. The molecule has 2 aromatic rings. The first-order valence-corrected chi connectivity index (χ1v) is 18.0. The van der Waals surface area contributed by atoms with Gasteiger partial charge in [0, 0.05) is 42.2 Å². The van der Waals surface area contributed by atoms with Crippen molar-refractivity contribution in [3.63, 3.8) is 0 Å². The monoisotopic (exact) mass is 650 g/mol. The molecule has 0 N–H and O–H groups in total. The Labute approximate surface area is 287 Å². The number of para-hydroxylation sites is 2. The fourth-order valence-corrected chi connectivity index (χ4v) is 5.24. The minimum atomic E-state index is 0. The summed E-state index contributed by atoms with van der Waals surface area (Å²) in [7, 11) is 0. The number of hydrogen-bond donors (Lipinski definition) is 0. The van der Waals surface area contributed by atoms with Crippen LogP contribution in [0.1, 0.15) is 154 Å². The first-order valence-electron chi connectivity index (χ1n) is 18.0. The van der Waals surface area contributed by atoms with Crippen LogP contribution in [0.25, 0.3) is 0 Å². The Morgan fingerprint density at radius 1 is 0.467 bits per heavy atom. The molecule has 0 fully saturated rings. The topological polar surface area (TPSA) is 24.7 Å². The van der Waals surface area contributed by atoms with E-state index in [1.807, 2.05) is 0 Å². The van der Waals surface area contributed by atoms with Crippen LogP contribution in [0.3, 0.4) is 0 Å². The molecule has 0 aromatic heterocycles. The van der Waals surface area contributed by atoms with Gasteiger partial charge in [0.05, 0.1) is 22.8 Å². The third kappa shape index (κ3) is 18.2. The first kappa shape index (κ1) is 40.4.